The van der Waals surface area contributed by atoms with Crippen LogP contribution >= 0.6 is 11.6 Å². The average Bonchev–Trinajstić information content (AvgIpc) is 2.46. The highest BCUT2D eigenvalue weighted by Crippen LogP contribution is 2.19. The van der Waals surface area contributed by atoms with Gasteiger partial charge in [0.05, 0.1) is 0 Å². The largest absolute Gasteiger partial charge is 0.457 e. The Morgan fingerprint density at radius 1 is 1.50 bits per heavy atom. The number of hydrogen-bond acceptors (Lipinski definition) is 3. The number of fused-ring (bicyclic) bond motifs is 1. The Morgan fingerprint density at radius 2 is 2.33 bits per heavy atom. The maximum absolute atomic E-state index is 8.75. The molecule has 2 rings (SSSR count). The van der Waals surface area contributed by atoms with Crippen molar-refractivity contribution in [2.45, 2.75) is 6.61 Å². The summed E-state index contributed by atoms with van der Waals surface area (Å²) in [5.41, 5.74) is 1.31. The molecule has 2 heterocycles. The molecule has 0 amide bonds. The van der Waals surface area contributed by atoms with Gasteiger partial charge in [-0.25, -0.2) is 4.98 Å². The predicted octanol–water partition coefficient (Wildman–Crippen LogP) is 1.97. The number of aliphatic hydroxyl groups excluding tert-OH is 1. The fourth-order valence-electron chi connectivity index (χ4n) is 1.03. The van der Waals surface area contributed by atoms with Crippen LogP contribution in [0.2, 0.25) is 5.15 Å². The molecule has 2 aromatic rings. The standard InChI is InChI=1S/C8H6ClNO2/c9-8-2-1-7-6(10-8)3-5(4-11)12-7/h1-3,11H,4H2. The van der Waals surface area contributed by atoms with Crippen LogP contribution in [0.25, 0.3) is 11.1 Å². The van der Waals surface area contributed by atoms with E-state index in [9.17, 15) is 0 Å². The number of nitrogens with zero attached hydrogens (tertiary/aromatic N) is 1. The van der Waals surface area contributed by atoms with E-state index in [-0.39, 0.29) is 6.61 Å². The van der Waals surface area contributed by atoms with Gasteiger partial charge in [0.15, 0.2) is 5.58 Å². The van der Waals surface area contributed by atoms with Gasteiger partial charge in [-0.3, -0.25) is 0 Å². The Balaban J connectivity index is 2.67. The maximum atomic E-state index is 8.75. The molecule has 0 fully saturated rings. The van der Waals surface area contributed by atoms with Gasteiger partial charge in [-0.2, -0.15) is 0 Å². The molecule has 0 aliphatic rings. The van der Waals surface area contributed by atoms with E-state index in [4.69, 9.17) is 21.1 Å². The monoisotopic (exact) mass is 183 g/mol. The molecule has 0 saturated carbocycles. The highest BCUT2D eigenvalue weighted by atomic mass is 35.5. The van der Waals surface area contributed by atoms with Crippen molar-refractivity contribution in [2.75, 3.05) is 0 Å². The molecule has 1 N–H and O–H groups in total. The molecule has 3 nitrogen and oxygen atoms in total. The van der Waals surface area contributed by atoms with Crippen molar-refractivity contribution in [3.63, 3.8) is 0 Å². The van der Waals surface area contributed by atoms with Gasteiger partial charge in [-0.15, -0.1) is 0 Å². The van der Waals surface area contributed by atoms with Crippen LogP contribution in [-0.2, 0) is 6.61 Å². The molecule has 12 heavy (non-hydrogen) atoms. The van der Waals surface area contributed by atoms with Crippen molar-refractivity contribution < 1.29 is 9.52 Å². The third kappa shape index (κ3) is 1.17. The zero-order chi connectivity index (χ0) is 8.55. The van der Waals surface area contributed by atoms with Crippen LogP contribution in [0, 0.1) is 0 Å². The average molecular weight is 184 g/mol. The molecular weight excluding hydrogens is 178 g/mol. The summed E-state index contributed by atoms with van der Waals surface area (Å²) in [6.07, 6.45) is 0. The molecule has 62 valence electrons. The number of pyridine rings is 1. The molecule has 2 aromatic heterocycles. The van der Waals surface area contributed by atoms with Crippen molar-refractivity contribution in [1.29, 1.82) is 0 Å². The molecule has 0 aromatic carbocycles. The van der Waals surface area contributed by atoms with Gasteiger partial charge >= 0.3 is 0 Å². The lowest BCUT2D eigenvalue weighted by Crippen LogP contribution is -1.73. The summed E-state index contributed by atoms with van der Waals surface area (Å²) in [7, 11) is 0. The van der Waals surface area contributed by atoms with Crippen molar-refractivity contribution in [2.24, 2.45) is 0 Å². The zero-order valence-electron chi connectivity index (χ0n) is 6.12. The third-order valence-corrected chi connectivity index (χ3v) is 1.76. The smallest absolute Gasteiger partial charge is 0.152 e. The van der Waals surface area contributed by atoms with Crippen molar-refractivity contribution in [3.05, 3.63) is 29.1 Å². The van der Waals surface area contributed by atoms with Gasteiger partial charge in [-0.05, 0) is 12.1 Å². The van der Waals surface area contributed by atoms with Gasteiger partial charge in [0.25, 0.3) is 0 Å². The molecule has 0 radical (unpaired) electrons. The van der Waals surface area contributed by atoms with E-state index < -0.39 is 0 Å². The van der Waals surface area contributed by atoms with E-state index in [1.807, 2.05) is 0 Å². The van der Waals surface area contributed by atoms with E-state index in [2.05, 4.69) is 4.98 Å². The van der Waals surface area contributed by atoms with Crippen LogP contribution < -0.4 is 0 Å². The van der Waals surface area contributed by atoms with Gasteiger partial charge in [0, 0.05) is 6.07 Å². The number of aromatic nitrogens is 1. The second-order valence-electron chi connectivity index (χ2n) is 2.39. The topological polar surface area (TPSA) is 46.3 Å². The molecule has 0 unspecified atom stereocenters. The minimum atomic E-state index is -0.117. The fraction of sp³-hybridized carbons (Fsp3) is 0.125. The summed E-state index contributed by atoms with van der Waals surface area (Å²) < 4.78 is 5.20. The molecule has 0 saturated heterocycles. The van der Waals surface area contributed by atoms with Gasteiger partial charge < -0.3 is 9.52 Å². The highest BCUT2D eigenvalue weighted by Gasteiger charge is 2.03. The number of halogens is 1. The van der Waals surface area contributed by atoms with Crippen molar-refractivity contribution in [3.8, 4) is 0 Å². The Hall–Kier alpha value is -1.06. The van der Waals surface area contributed by atoms with Gasteiger partial charge in [-0.1, -0.05) is 11.6 Å². The Bertz CT molecular complexity index is 410. The van der Waals surface area contributed by atoms with Crippen LogP contribution in [0.1, 0.15) is 5.76 Å². The van der Waals surface area contributed by atoms with Crippen LogP contribution in [0.15, 0.2) is 22.6 Å². The number of hydrogen-bond donors (Lipinski definition) is 1. The quantitative estimate of drug-likeness (QED) is 0.688. The summed E-state index contributed by atoms with van der Waals surface area (Å²) in [5, 5.41) is 9.18. The Labute approximate surface area is 73.6 Å². The first-order valence-corrected chi connectivity index (χ1v) is 3.83. The molecular formula is C8H6ClNO2. The fourth-order valence-corrected chi connectivity index (χ4v) is 1.18. The van der Waals surface area contributed by atoms with Crippen LogP contribution in [0.5, 0.6) is 0 Å². The maximum Gasteiger partial charge on any atom is 0.152 e. The van der Waals surface area contributed by atoms with Crippen LogP contribution in [-0.4, -0.2) is 10.1 Å². The lowest BCUT2D eigenvalue weighted by Gasteiger charge is -1.86. The number of furan rings is 1. The molecule has 0 aliphatic carbocycles. The van der Waals surface area contributed by atoms with Crippen molar-refractivity contribution >= 4 is 22.7 Å². The van der Waals surface area contributed by atoms with E-state index >= 15 is 0 Å². The Morgan fingerprint density at radius 3 is 3.08 bits per heavy atom. The van der Waals surface area contributed by atoms with Crippen molar-refractivity contribution in [1.82, 2.24) is 4.98 Å². The minimum absolute atomic E-state index is 0.117. The second kappa shape index (κ2) is 2.77. The predicted molar refractivity (Wildman–Crippen MR) is 44.9 cm³/mol. The second-order valence-corrected chi connectivity index (χ2v) is 2.78. The van der Waals surface area contributed by atoms with E-state index in [0.29, 0.717) is 22.0 Å². The first-order valence-electron chi connectivity index (χ1n) is 3.45. The molecule has 0 bridgehead atoms. The van der Waals surface area contributed by atoms with Gasteiger partial charge in [0.1, 0.15) is 23.0 Å². The summed E-state index contributed by atoms with van der Waals surface area (Å²) in [6.45, 7) is -0.117. The minimum Gasteiger partial charge on any atom is -0.457 e. The zero-order valence-corrected chi connectivity index (χ0v) is 6.88. The van der Waals surface area contributed by atoms with Crippen LogP contribution in [0.3, 0.4) is 0 Å². The third-order valence-electron chi connectivity index (χ3n) is 1.55. The first-order chi connectivity index (χ1) is 5.79. The normalized spacial score (nSPS) is 10.8. The molecule has 0 atom stereocenters. The van der Waals surface area contributed by atoms with Crippen LogP contribution in [0.4, 0.5) is 0 Å². The van der Waals surface area contributed by atoms with E-state index in [1.165, 1.54) is 0 Å². The summed E-state index contributed by atoms with van der Waals surface area (Å²) >= 11 is 5.66. The summed E-state index contributed by atoms with van der Waals surface area (Å²) in [6, 6.07) is 5.04. The Kier molecular flexibility index (Phi) is 1.75. The lowest BCUT2D eigenvalue weighted by molar-refractivity contribution is 0.251. The van der Waals surface area contributed by atoms with E-state index in [0.717, 1.165) is 0 Å². The summed E-state index contributed by atoms with van der Waals surface area (Å²) in [5.74, 6) is 0.500. The van der Waals surface area contributed by atoms with E-state index in [1.54, 1.807) is 18.2 Å². The summed E-state index contributed by atoms with van der Waals surface area (Å²) in [4.78, 5) is 4.00. The number of rotatable bonds is 1. The first kappa shape index (κ1) is 7.58. The lowest BCUT2D eigenvalue weighted by atomic mass is 10.4. The highest BCUT2D eigenvalue weighted by molar-refractivity contribution is 6.29. The molecule has 4 heteroatoms. The molecule has 0 spiro atoms. The number of aliphatic hydroxyl groups is 1. The van der Waals surface area contributed by atoms with Gasteiger partial charge in [0.2, 0.25) is 0 Å². The molecule has 0 aliphatic heterocycles. The SMILES string of the molecule is OCc1cc2nc(Cl)ccc2o1.